The second-order valence-corrected chi connectivity index (χ2v) is 4.87. The fourth-order valence-electron chi connectivity index (χ4n) is 2.03. The summed E-state index contributed by atoms with van der Waals surface area (Å²) in [6.07, 6.45) is 1.82. The molecule has 0 saturated carbocycles. The Balaban J connectivity index is 2.33. The lowest BCUT2D eigenvalue weighted by Gasteiger charge is -2.14. The van der Waals surface area contributed by atoms with E-state index in [1.807, 2.05) is 13.8 Å². The van der Waals surface area contributed by atoms with Crippen LogP contribution >= 0.6 is 0 Å². The molecule has 0 saturated heterocycles. The van der Waals surface area contributed by atoms with Gasteiger partial charge >= 0.3 is 0 Å². The lowest BCUT2D eigenvalue weighted by Crippen LogP contribution is -2.09. The molecular weight excluding hydrogens is 267 g/mol. The van der Waals surface area contributed by atoms with E-state index in [1.54, 1.807) is 12.1 Å². The first-order valence-corrected chi connectivity index (χ1v) is 7.28. The minimum Gasteiger partial charge on any atom is -0.370 e. The maximum atomic E-state index is 13.0. The van der Waals surface area contributed by atoms with Crippen LogP contribution in [0.3, 0.4) is 0 Å². The molecule has 0 aliphatic heterocycles. The maximum Gasteiger partial charge on any atom is 0.139 e. The predicted octanol–water partition coefficient (Wildman–Crippen LogP) is 4.05. The minimum absolute atomic E-state index is 0.250. The van der Waals surface area contributed by atoms with Crippen molar-refractivity contribution in [2.45, 2.75) is 33.6 Å². The molecule has 0 aliphatic rings. The van der Waals surface area contributed by atoms with Crippen molar-refractivity contribution < 1.29 is 4.39 Å². The number of hydrogen-bond acceptors (Lipinski definition) is 4. The van der Waals surface area contributed by atoms with Gasteiger partial charge in [0, 0.05) is 24.2 Å². The normalized spacial score (nSPS) is 10.5. The van der Waals surface area contributed by atoms with Crippen LogP contribution in [-0.4, -0.2) is 16.5 Å². The van der Waals surface area contributed by atoms with Crippen molar-refractivity contribution in [2.75, 3.05) is 17.2 Å². The lowest BCUT2D eigenvalue weighted by molar-refractivity contribution is 0.628. The van der Waals surface area contributed by atoms with Gasteiger partial charge < -0.3 is 10.6 Å². The van der Waals surface area contributed by atoms with Gasteiger partial charge in [-0.3, -0.25) is 0 Å². The van der Waals surface area contributed by atoms with Gasteiger partial charge in [-0.15, -0.1) is 0 Å². The van der Waals surface area contributed by atoms with Crippen molar-refractivity contribution in [1.29, 1.82) is 0 Å². The summed E-state index contributed by atoms with van der Waals surface area (Å²) in [6, 6.07) is 6.25. The first kappa shape index (κ1) is 15.2. The van der Waals surface area contributed by atoms with Gasteiger partial charge in [0.15, 0.2) is 0 Å². The summed E-state index contributed by atoms with van der Waals surface area (Å²) in [5.74, 6) is 2.17. The van der Waals surface area contributed by atoms with E-state index in [0.717, 1.165) is 48.1 Å². The summed E-state index contributed by atoms with van der Waals surface area (Å²) >= 11 is 0. The molecule has 112 valence electrons. The van der Waals surface area contributed by atoms with Crippen molar-refractivity contribution >= 4 is 17.3 Å². The molecule has 0 bridgehead atoms. The van der Waals surface area contributed by atoms with Gasteiger partial charge in [0.1, 0.15) is 23.3 Å². The van der Waals surface area contributed by atoms with Crippen LogP contribution in [0.5, 0.6) is 0 Å². The monoisotopic (exact) mass is 288 g/mol. The second-order valence-electron chi connectivity index (χ2n) is 4.87. The Morgan fingerprint density at radius 2 is 1.71 bits per heavy atom. The molecule has 2 aromatic rings. The summed E-state index contributed by atoms with van der Waals surface area (Å²) < 4.78 is 13.0. The molecule has 1 aromatic carbocycles. The van der Waals surface area contributed by atoms with Crippen LogP contribution < -0.4 is 10.6 Å². The molecule has 0 radical (unpaired) electrons. The lowest BCUT2D eigenvalue weighted by atomic mass is 10.2. The number of halogens is 1. The van der Waals surface area contributed by atoms with Crippen molar-refractivity contribution in [3.05, 3.63) is 41.5 Å². The number of aryl methyl sites for hydroxylation is 1. The Morgan fingerprint density at radius 1 is 1.05 bits per heavy atom. The zero-order chi connectivity index (χ0) is 15.2. The highest BCUT2D eigenvalue weighted by Crippen LogP contribution is 2.24. The topological polar surface area (TPSA) is 49.8 Å². The number of benzene rings is 1. The number of nitrogens with one attached hydrogen (secondary N) is 2. The molecule has 0 aliphatic carbocycles. The van der Waals surface area contributed by atoms with E-state index in [-0.39, 0.29) is 5.82 Å². The minimum atomic E-state index is -0.250. The molecule has 1 aromatic heterocycles. The Kier molecular flexibility index (Phi) is 5.09. The molecule has 2 N–H and O–H groups in total. The highest BCUT2D eigenvalue weighted by Gasteiger charge is 2.10. The first-order valence-electron chi connectivity index (χ1n) is 7.28. The number of aromatic nitrogens is 2. The molecular formula is C16H21FN4. The molecule has 0 spiro atoms. The van der Waals surface area contributed by atoms with Crippen LogP contribution in [0.4, 0.5) is 21.7 Å². The molecule has 0 unspecified atom stereocenters. The van der Waals surface area contributed by atoms with Gasteiger partial charge in [-0.05, 0) is 44.5 Å². The molecule has 5 heteroatoms. The van der Waals surface area contributed by atoms with Gasteiger partial charge in [0.25, 0.3) is 0 Å². The van der Waals surface area contributed by atoms with Crippen molar-refractivity contribution in [3.8, 4) is 0 Å². The SMILES string of the molecule is CCCc1nc(NCC)c(C)c(Nc2ccc(F)cc2)n1. The zero-order valence-electron chi connectivity index (χ0n) is 12.7. The second kappa shape index (κ2) is 7.02. The fourth-order valence-corrected chi connectivity index (χ4v) is 2.03. The smallest absolute Gasteiger partial charge is 0.139 e. The van der Waals surface area contributed by atoms with E-state index in [1.165, 1.54) is 12.1 Å². The highest BCUT2D eigenvalue weighted by atomic mass is 19.1. The third-order valence-corrected chi connectivity index (χ3v) is 3.12. The van der Waals surface area contributed by atoms with Crippen LogP contribution in [-0.2, 0) is 6.42 Å². The van der Waals surface area contributed by atoms with E-state index < -0.39 is 0 Å². The molecule has 1 heterocycles. The average Bonchev–Trinajstić information content (AvgIpc) is 2.47. The van der Waals surface area contributed by atoms with Crippen LogP contribution in [0, 0.1) is 12.7 Å². The first-order chi connectivity index (χ1) is 10.1. The van der Waals surface area contributed by atoms with Crippen LogP contribution in [0.2, 0.25) is 0 Å². The average molecular weight is 288 g/mol. The Labute approximate surface area is 124 Å². The Bertz CT molecular complexity index is 596. The van der Waals surface area contributed by atoms with Crippen molar-refractivity contribution in [1.82, 2.24) is 9.97 Å². The quantitative estimate of drug-likeness (QED) is 0.842. The van der Waals surface area contributed by atoms with Gasteiger partial charge in [-0.1, -0.05) is 6.92 Å². The molecule has 4 nitrogen and oxygen atoms in total. The van der Waals surface area contributed by atoms with Gasteiger partial charge in [0.2, 0.25) is 0 Å². The van der Waals surface area contributed by atoms with Crippen LogP contribution in [0.1, 0.15) is 31.7 Å². The van der Waals surface area contributed by atoms with Gasteiger partial charge in [0.05, 0.1) is 0 Å². The van der Waals surface area contributed by atoms with Gasteiger partial charge in [-0.2, -0.15) is 0 Å². The summed E-state index contributed by atoms with van der Waals surface area (Å²) in [6.45, 7) is 6.91. The predicted molar refractivity (Wildman–Crippen MR) is 84.6 cm³/mol. The number of anilines is 3. The summed E-state index contributed by atoms with van der Waals surface area (Å²) in [5, 5.41) is 6.50. The number of nitrogens with zero attached hydrogens (tertiary/aromatic N) is 2. The third-order valence-electron chi connectivity index (χ3n) is 3.12. The van der Waals surface area contributed by atoms with Crippen LogP contribution in [0.15, 0.2) is 24.3 Å². The van der Waals surface area contributed by atoms with E-state index in [2.05, 4.69) is 27.5 Å². The molecule has 21 heavy (non-hydrogen) atoms. The largest absolute Gasteiger partial charge is 0.370 e. The molecule has 2 rings (SSSR count). The summed E-state index contributed by atoms with van der Waals surface area (Å²) in [5.41, 5.74) is 1.77. The van der Waals surface area contributed by atoms with Crippen molar-refractivity contribution in [2.24, 2.45) is 0 Å². The molecule has 0 fully saturated rings. The van der Waals surface area contributed by atoms with Crippen molar-refractivity contribution in [3.63, 3.8) is 0 Å². The number of hydrogen-bond donors (Lipinski definition) is 2. The fraction of sp³-hybridized carbons (Fsp3) is 0.375. The molecule has 0 amide bonds. The Morgan fingerprint density at radius 3 is 2.33 bits per heavy atom. The standard InChI is InChI=1S/C16H21FN4/c1-4-6-14-20-15(18-5-2)11(3)16(21-14)19-13-9-7-12(17)8-10-13/h7-10H,4-6H2,1-3H3,(H2,18,19,20,21). The van der Waals surface area contributed by atoms with E-state index in [0.29, 0.717) is 0 Å². The Hall–Kier alpha value is -2.17. The van der Waals surface area contributed by atoms with Gasteiger partial charge in [-0.25, -0.2) is 14.4 Å². The third kappa shape index (κ3) is 3.90. The van der Waals surface area contributed by atoms with E-state index >= 15 is 0 Å². The zero-order valence-corrected chi connectivity index (χ0v) is 12.7. The molecule has 0 atom stereocenters. The van der Waals surface area contributed by atoms with Crippen LogP contribution in [0.25, 0.3) is 0 Å². The summed E-state index contributed by atoms with van der Waals surface area (Å²) in [7, 11) is 0. The summed E-state index contributed by atoms with van der Waals surface area (Å²) in [4.78, 5) is 9.11. The highest BCUT2D eigenvalue weighted by molar-refractivity contribution is 5.64. The van der Waals surface area contributed by atoms with E-state index in [9.17, 15) is 4.39 Å². The van der Waals surface area contributed by atoms with E-state index in [4.69, 9.17) is 0 Å². The number of rotatable bonds is 6. The maximum absolute atomic E-state index is 13.0.